The first-order valence-corrected chi connectivity index (χ1v) is 8.69. The van der Waals surface area contributed by atoms with Gasteiger partial charge in [-0.2, -0.15) is 4.98 Å². The van der Waals surface area contributed by atoms with Crippen LogP contribution in [0.1, 0.15) is 51.4 Å². The molecule has 0 aliphatic carbocycles. The number of piperidine rings is 1. The number of guanidine groups is 1. The first kappa shape index (κ1) is 18.7. The Morgan fingerprint density at radius 2 is 2.12 bits per heavy atom. The first-order valence-electron chi connectivity index (χ1n) is 8.69. The molecule has 8 nitrogen and oxygen atoms in total. The van der Waals surface area contributed by atoms with E-state index in [4.69, 9.17) is 14.0 Å². The molecule has 1 aromatic heterocycles. The molecule has 1 N–H and O–H groups in total. The van der Waals surface area contributed by atoms with E-state index in [-0.39, 0.29) is 6.10 Å². The molecule has 1 aliphatic heterocycles. The fraction of sp³-hybridized carbons (Fsp3) is 0.812. The summed E-state index contributed by atoms with van der Waals surface area (Å²) in [5.74, 6) is 1.95. The summed E-state index contributed by atoms with van der Waals surface area (Å²) in [6.07, 6.45) is 2.24. The van der Waals surface area contributed by atoms with Crippen molar-refractivity contribution in [3.63, 3.8) is 0 Å². The van der Waals surface area contributed by atoms with Gasteiger partial charge in [0.1, 0.15) is 6.10 Å². The van der Waals surface area contributed by atoms with Gasteiger partial charge in [-0.3, -0.25) is 4.99 Å². The van der Waals surface area contributed by atoms with Gasteiger partial charge in [-0.25, -0.2) is 0 Å². The predicted molar refractivity (Wildman–Crippen MR) is 90.8 cm³/mol. The van der Waals surface area contributed by atoms with Crippen molar-refractivity contribution in [3.05, 3.63) is 11.7 Å². The largest absolute Gasteiger partial charge is 0.378 e. The summed E-state index contributed by atoms with van der Waals surface area (Å²) in [5.41, 5.74) is 0. The highest BCUT2D eigenvalue weighted by molar-refractivity contribution is 5.79. The first-order chi connectivity index (χ1) is 11.7. The number of rotatable bonds is 7. The minimum atomic E-state index is -0.163. The van der Waals surface area contributed by atoms with Crippen LogP contribution in [0.5, 0.6) is 0 Å². The second kappa shape index (κ2) is 9.58. The summed E-state index contributed by atoms with van der Waals surface area (Å²) in [6.45, 7) is 9.60. The summed E-state index contributed by atoms with van der Waals surface area (Å²) in [7, 11) is 1.79. The van der Waals surface area contributed by atoms with Crippen LogP contribution in [0.4, 0.5) is 0 Å². The van der Waals surface area contributed by atoms with E-state index in [1.165, 1.54) is 0 Å². The molecule has 1 saturated heterocycles. The maximum absolute atomic E-state index is 5.69. The lowest BCUT2D eigenvalue weighted by atomic mass is 10.1. The lowest BCUT2D eigenvalue weighted by Crippen LogP contribution is -2.46. The highest BCUT2D eigenvalue weighted by Gasteiger charge is 2.22. The third-order valence-electron chi connectivity index (χ3n) is 4.02. The molecule has 1 unspecified atom stereocenters. The molecule has 0 bridgehead atoms. The fourth-order valence-electron chi connectivity index (χ4n) is 2.79. The van der Waals surface area contributed by atoms with Gasteiger partial charge in [-0.15, -0.1) is 0 Å². The fourth-order valence-corrected chi connectivity index (χ4v) is 2.79. The molecule has 0 saturated carbocycles. The molecular weight excluding hydrogens is 310 g/mol. The lowest BCUT2D eigenvalue weighted by molar-refractivity contribution is 0.0263. The maximum Gasteiger partial charge on any atom is 0.246 e. The standard InChI is InChI=1S/C16H29N5O3/c1-5-22-12(3)15-19-14(24-20-15)11-18-16(17-4)21-9-7-13(8-10-21)23-6-2/h12-13H,5-11H2,1-4H3,(H,17,18). The quantitative estimate of drug-likeness (QED) is 0.598. The van der Waals surface area contributed by atoms with Crippen molar-refractivity contribution in [3.8, 4) is 0 Å². The molecule has 1 fully saturated rings. The Morgan fingerprint density at radius 3 is 2.75 bits per heavy atom. The lowest BCUT2D eigenvalue weighted by Gasteiger charge is -2.33. The van der Waals surface area contributed by atoms with Crippen molar-refractivity contribution in [1.82, 2.24) is 20.4 Å². The molecular formula is C16H29N5O3. The van der Waals surface area contributed by atoms with Crippen molar-refractivity contribution in [2.24, 2.45) is 4.99 Å². The van der Waals surface area contributed by atoms with Crippen LogP contribution < -0.4 is 5.32 Å². The van der Waals surface area contributed by atoms with E-state index in [0.717, 1.165) is 38.5 Å². The highest BCUT2D eigenvalue weighted by Crippen LogP contribution is 2.14. The number of aliphatic imine (C=N–C) groups is 1. The number of aromatic nitrogens is 2. The number of nitrogens with zero attached hydrogens (tertiary/aromatic N) is 4. The summed E-state index contributed by atoms with van der Waals surface area (Å²) in [6, 6.07) is 0. The number of hydrogen-bond donors (Lipinski definition) is 1. The van der Waals surface area contributed by atoms with Crippen LogP contribution in [-0.2, 0) is 16.0 Å². The van der Waals surface area contributed by atoms with E-state index in [1.807, 2.05) is 20.8 Å². The van der Waals surface area contributed by atoms with E-state index in [9.17, 15) is 0 Å². The van der Waals surface area contributed by atoms with Crippen LogP contribution in [0.2, 0.25) is 0 Å². The molecule has 1 aromatic rings. The third kappa shape index (κ3) is 5.17. The Bertz CT molecular complexity index is 512. The van der Waals surface area contributed by atoms with Gasteiger partial charge >= 0.3 is 0 Å². The van der Waals surface area contributed by atoms with Gasteiger partial charge in [0.15, 0.2) is 11.8 Å². The zero-order valence-corrected chi connectivity index (χ0v) is 15.1. The van der Waals surface area contributed by atoms with Crippen molar-refractivity contribution in [2.75, 3.05) is 33.4 Å². The van der Waals surface area contributed by atoms with Crippen LogP contribution in [0.3, 0.4) is 0 Å². The molecule has 0 amide bonds. The van der Waals surface area contributed by atoms with Gasteiger partial charge in [0.25, 0.3) is 0 Å². The Kier molecular flexibility index (Phi) is 7.45. The molecule has 0 aromatic carbocycles. The van der Waals surface area contributed by atoms with Gasteiger partial charge in [0, 0.05) is 33.4 Å². The molecule has 24 heavy (non-hydrogen) atoms. The van der Waals surface area contributed by atoms with Crippen molar-refractivity contribution >= 4 is 5.96 Å². The third-order valence-corrected chi connectivity index (χ3v) is 4.02. The van der Waals surface area contributed by atoms with Gasteiger partial charge in [-0.1, -0.05) is 5.16 Å². The second-order valence-corrected chi connectivity index (χ2v) is 5.69. The molecule has 0 spiro atoms. The summed E-state index contributed by atoms with van der Waals surface area (Å²) < 4.78 is 16.4. The Hall–Kier alpha value is -1.67. The minimum absolute atomic E-state index is 0.163. The maximum atomic E-state index is 5.69. The summed E-state index contributed by atoms with van der Waals surface area (Å²) in [4.78, 5) is 10.9. The SMILES string of the molecule is CCOC1CCN(C(=NC)NCc2nc(C(C)OCC)no2)CC1. The topological polar surface area (TPSA) is 85.0 Å². The number of nitrogens with one attached hydrogen (secondary N) is 1. The zero-order valence-electron chi connectivity index (χ0n) is 15.1. The smallest absolute Gasteiger partial charge is 0.246 e. The van der Waals surface area contributed by atoms with E-state index in [1.54, 1.807) is 7.05 Å². The molecule has 1 atom stereocenters. The van der Waals surface area contributed by atoms with Crippen LogP contribution >= 0.6 is 0 Å². The summed E-state index contributed by atoms with van der Waals surface area (Å²) >= 11 is 0. The zero-order chi connectivity index (χ0) is 17.4. The molecule has 2 rings (SSSR count). The number of ether oxygens (including phenoxy) is 2. The molecule has 2 heterocycles. The molecule has 136 valence electrons. The monoisotopic (exact) mass is 339 g/mol. The van der Waals surface area contributed by atoms with E-state index >= 15 is 0 Å². The van der Waals surface area contributed by atoms with Crippen molar-refractivity contribution in [2.45, 2.75) is 52.4 Å². The Morgan fingerprint density at radius 1 is 1.38 bits per heavy atom. The Balaban J connectivity index is 1.82. The minimum Gasteiger partial charge on any atom is -0.378 e. The predicted octanol–water partition coefficient (Wildman–Crippen LogP) is 1.74. The van der Waals surface area contributed by atoms with E-state index < -0.39 is 0 Å². The summed E-state index contributed by atoms with van der Waals surface area (Å²) in [5, 5.41) is 7.24. The van der Waals surface area contributed by atoms with Crippen LogP contribution in [0.15, 0.2) is 9.52 Å². The van der Waals surface area contributed by atoms with Crippen molar-refractivity contribution < 1.29 is 14.0 Å². The average Bonchev–Trinajstić information content (AvgIpc) is 3.06. The normalized spacial score (nSPS) is 18.0. The molecule has 8 heteroatoms. The molecule has 1 aliphatic rings. The van der Waals surface area contributed by atoms with Crippen LogP contribution in [-0.4, -0.2) is 60.5 Å². The van der Waals surface area contributed by atoms with Crippen molar-refractivity contribution in [1.29, 1.82) is 0 Å². The van der Waals surface area contributed by atoms with Gasteiger partial charge in [0.2, 0.25) is 5.89 Å². The Labute approximate surface area is 143 Å². The van der Waals surface area contributed by atoms with Crippen LogP contribution in [0, 0.1) is 0 Å². The average molecular weight is 339 g/mol. The number of hydrogen-bond acceptors (Lipinski definition) is 6. The molecule has 0 radical (unpaired) electrons. The van der Waals surface area contributed by atoms with Crippen LogP contribution in [0.25, 0.3) is 0 Å². The number of likely N-dealkylation sites (tertiary alicyclic amines) is 1. The van der Waals surface area contributed by atoms with Gasteiger partial charge in [-0.05, 0) is 33.6 Å². The van der Waals surface area contributed by atoms with E-state index in [2.05, 4.69) is 25.3 Å². The van der Waals surface area contributed by atoms with Gasteiger partial charge < -0.3 is 24.2 Å². The van der Waals surface area contributed by atoms with Gasteiger partial charge in [0.05, 0.1) is 12.6 Å². The second-order valence-electron chi connectivity index (χ2n) is 5.69. The highest BCUT2D eigenvalue weighted by atomic mass is 16.5. The van der Waals surface area contributed by atoms with E-state index in [0.29, 0.717) is 31.0 Å².